The molecule has 2 aromatic rings. The van der Waals surface area contributed by atoms with Crippen LogP contribution in [-0.2, 0) is 19.4 Å². The highest BCUT2D eigenvalue weighted by atomic mass is 32.1. The zero-order chi connectivity index (χ0) is 14.7. The summed E-state index contributed by atoms with van der Waals surface area (Å²) in [5.41, 5.74) is 2.53. The minimum absolute atomic E-state index is 0.651. The molecule has 2 aromatic heterocycles. The molecule has 0 bridgehead atoms. The maximum atomic E-state index is 4.89. The number of nitrogens with zero attached hydrogens (tertiary/aromatic N) is 2. The Balaban J connectivity index is 1.73. The summed E-state index contributed by atoms with van der Waals surface area (Å²) in [7, 11) is 0. The van der Waals surface area contributed by atoms with Gasteiger partial charge in [0.1, 0.15) is 0 Å². The van der Waals surface area contributed by atoms with Crippen molar-refractivity contribution in [2.24, 2.45) is 5.92 Å². The highest BCUT2D eigenvalue weighted by molar-refractivity contribution is 7.11. The molecule has 0 unspecified atom stereocenters. The van der Waals surface area contributed by atoms with Crippen molar-refractivity contribution in [3.63, 3.8) is 0 Å². The van der Waals surface area contributed by atoms with Crippen LogP contribution < -0.4 is 5.32 Å². The lowest BCUT2D eigenvalue weighted by atomic mass is 10.1. The minimum atomic E-state index is 0.651. The van der Waals surface area contributed by atoms with Gasteiger partial charge in [0.05, 0.1) is 10.7 Å². The minimum Gasteiger partial charge on any atom is -0.309 e. The second-order valence-electron chi connectivity index (χ2n) is 6.27. The average Bonchev–Trinajstić information content (AvgIpc) is 3.21. The van der Waals surface area contributed by atoms with Gasteiger partial charge < -0.3 is 5.32 Å². The summed E-state index contributed by atoms with van der Waals surface area (Å²) in [6.45, 7) is 5.51. The van der Waals surface area contributed by atoms with Gasteiger partial charge in [-0.3, -0.25) is 4.98 Å². The second kappa shape index (κ2) is 6.67. The third kappa shape index (κ3) is 4.35. The number of hydrogen-bond acceptors (Lipinski definition) is 4. The van der Waals surface area contributed by atoms with Crippen LogP contribution in [-0.4, -0.2) is 16.0 Å². The number of aromatic nitrogens is 2. The lowest BCUT2D eigenvalue weighted by Crippen LogP contribution is -2.15. The van der Waals surface area contributed by atoms with Gasteiger partial charge in [-0.2, -0.15) is 0 Å². The Bertz CT molecular complexity index is 573. The molecule has 0 radical (unpaired) electrons. The number of rotatable bonds is 7. The van der Waals surface area contributed by atoms with E-state index < -0.39 is 0 Å². The fourth-order valence-corrected chi connectivity index (χ4v) is 3.48. The topological polar surface area (TPSA) is 37.8 Å². The maximum absolute atomic E-state index is 4.89. The van der Waals surface area contributed by atoms with Gasteiger partial charge in [-0.15, -0.1) is 11.3 Å². The van der Waals surface area contributed by atoms with E-state index in [1.807, 2.05) is 29.8 Å². The first-order valence-electron chi connectivity index (χ1n) is 7.80. The van der Waals surface area contributed by atoms with Crippen LogP contribution >= 0.6 is 11.3 Å². The van der Waals surface area contributed by atoms with E-state index in [1.54, 1.807) is 0 Å². The van der Waals surface area contributed by atoms with Gasteiger partial charge in [-0.1, -0.05) is 19.9 Å². The Labute approximate surface area is 130 Å². The quantitative estimate of drug-likeness (QED) is 0.849. The summed E-state index contributed by atoms with van der Waals surface area (Å²) in [5, 5.41) is 4.84. The smallest absolute Gasteiger partial charge is 0.0976 e. The Hall–Kier alpha value is -1.26. The van der Waals surface area contributed by atoms with Gasteiger partial charge >= 0.3 is 0 Å². The van der Waals surface area contributed by atoms with Crippen molar-refractivity contribution in [2.75, 3.05) is 0 Å². The first-order valence-corrected chi connectivity index (χ1v) is 8.62. The standard InChI is InChI=1S/C17H23N3S/c1-12(2)8-15-16(11-19-14-5-6-14)21-17(20-15)9-13-4-3-7-18-10-13/h3-4,7,10,12,14,19H,5-6,8-9,11H2,1-2H3. The van der Waals surface area contributed by atoms with E-state index in [0.29, 0.717) is 5.92 Å². The van der Waals surface area contributed by atoms with E-state index in [1.165, 1.54) is 34.0 Å². The van der Waals surface area contributed by atoms with Crippen molar-refractivity contribution in [1.82, 2.24) is 15.3 Å². The Morgan fingerprint density at radius 3 is 2.90 bits per heavy atom. The summed E-state index contributed by atoms with van der Waals surface area (Å²) < 4.78 is 0. The van der Waals surface area contributed by atoms with E-state index >= 15 is 0 Å². The van der Waals surface area contributed by atoms with E-state index in [4.69, 9.17) is 4.98 Å². The molecule has 0 saturated heterocycles. The van der Waals surface area contributed by atoms with Crippen molar-refractivity contribution in [3.8, 4) is 0 Å². The van der Waals surface area contributed by atoms with Gasteiger partial charge in [-0.05, 0) is 36.8 Å². The number of hydrogen-bond donors (Lipinski definition) is 1. The molecule has 3 rings (SSSR count). The molecule has 3 nitrogen and oxygen atoms in total. The number of nitrogens with one attached hydrogen (secondary N) is 1. The monoisotopic (exact) mass is 301 g/mol. The van der Waals surface area contributed by atoms with Crippen LogP contribution in [0.3, 0.4) is 0 Å². The van der Waals surface area contributed by atoms with E-state index in [-0.39, 0.29) is 0 Å². The summed E-state index contributed by atoms with van der Waals surface area (Å²) >= 11 is 1.86. The molecule has 112 valence electrons. The zero-order valence-corrected chi connectivity index (χ0v) is 13.6. The van der Waals surface area contributed by atoms with Crippen LogP contribution in [0.1, 0.15) is 47.8 Å². The molecule has 2 heterocycles. The van der Waals surface area contributed by atoms with Gasteiger partial charge in [-0.25, -0.2) is 4.98 Å². The van der Waals surface area contributed by atoms with Crippen LogP contribution in [0, 0.1) is 5.92 Å². The molecule has 1 aliphatic rings. The molecule has 1 saturated carbocycles. The van der Waals surface area contributed by atoms with E-state index in [9.17, 15) is 0 Å². The maximum Gasteiger partial charge on any atom is 0.0976 e. The molecule has 0 spiro atoms. The highest BCUT2D eigenvalue weighted by Crippen LogP contribution is 2.25. The van der Waals surface area contributed by atoms with Gasteiger partial charge in [0, 0.05) is 36.3 Å². The van der Waals surface area contributed by atoms with Gasteiger partial charge in [0.2, 0.25) is 0 Å². The SMILES string of the molecule is CC(C)Cc1nc(Cc2cccnc2)sc1CNC1CC1. The Kier molecular flexibility index (Phi) is 4.66. The van der Waals surface area contributed by atoms with E-state index in [0.717, 1.165) is 25.4 Å². The molecule has 0 aromatic carbocycles. The molecular formula is C17H23N3S. The van der Waals surface area contributed by atoms with Crippen molar-refractivity contribution < 1.29 is 0 Å². The van der Waals surface area contributed by atoms with Crippen molar-refractivity contribution >= 4 is 11.3 Å². The van der Waals surface area contributed by atoms with Crippen molar-refractivity contribution in [1.29, 1.82) is 0 Å². The third-order valence-corrected chi connectivity index (χ3v) is 4.73. The Morgan fingerprint density at radius 2 is 2.24 bits per heavy atom. The molecule has 0 amide bonds. The van der Waals surface area contributed by atoms with Gasteiger partial charge in [0.15, 0.2) is 0 Å². The summed E-state index contributed by atoms with van der Waals surface area (Å²) in [6, 6.07) is 4.87. The van der Waals surface area contributed by atoms with Crippen LogP contribution in [0.25, 0.3) is 0 Å². The molecule has 1 N–H and O–H groups in total. The predicted molar refractivity (Wildman–Crippen MR) is 87.6 cm³/mol. The van der Waals surface area contributed by atoms with Crippen LogP contribution in [0.5, 0.6) is 0 Å². The first kappa shape index (κ1) is 14.7. The molecule has 21 heavy (non-hydrogen) atoms. The number of thiazole rings is 1. The summed E-state index contributed by atoms with van der Waals surface area (Å²) in [4.78, 5) is 10.5. The molecule has 0 atom stereocenters. The van der Waals surface area contributed by atoms with Gasteiger partial charge in [0.25, 0.3) is 0 Å². The summed E-state index contributed by atoms with van der Waals surface area (Å²) in [5.74, 6) is 0.651. The van der Waals surface area contributed by atoms with Crippen molar-refractivity contribution in [2.45, 2.75) is 52.1 Å². The molecule has 0 aliphatic heterocycles. The average molecular weight is 301 g/mol. The molecular weight excluding hydrogens is 278 g/mol. The first-order chi connectivity index (χ1) is 10.2. The Morgan fingerprint density at radius 1 is 1.38 bits per heavy atom. The third-order valence-electron chi connectivity index (χ3n) is 3.63. The second-order valence-corrected chi connectivity index (χ2v) is 7.44. The number of pyridine rings is 1. The zero-order valence-electron chi connectivity index (χ0n) is 12.8. The molecule has 4 heteroatoms. The fourth-order valence-electron chi connectivity index (χ4n) is 2.40. The van der Waals surface area contributed by atoms with Crippen LogP contribution in [0.15, 0.2) is 24.5 Å². The fraction of sp³-hybridized carbons (Fsp3) is 0.529. The highest BCUT2D eigenvalue weighted by Gasteiger charge is 2.21. The van der Waals surface area contributed by atoms with E-state index in [2.05, 4.69) is 30.2 Å². The largest absolute Gasteiger partial charge is 0.309 e. The normalized spacial score (nSPS) is 14.8. The molecule has 1 aliphatic carbocycles. The van der Waals surface area contributed by atoms with Crippen LogP contribution in [0.4, 0.5) is 0 Å². The lowest BCUT2D eigenvalue weighted by molar-refractivity contribution is 0.623. The van der Waals surface area contributed by atoms with Crippen molar-refractivity contribution in [3.05, 3.63) is 45.7 Å². The summed E-state index contributed by atoms with van der Waals surface area (Å²) in [6.07, 6.45) is 8.39. The van der Waals surface area contributed by atoms with Crippen LogP contribution in [0.2, 0.25) is 0 Å². The lowest BCUT2D eigenvalue weighted by Gasteiger charge is -2.05. The predicted octanol–water partition coefficient (Wildman–Crippen LogP) is 3.58. The molecule has 1 fully saturated rings.